The van der Waals surface area contributed by atoms with Gasteiger partial charge in [-0.15, -0.1) is 24.8 Å². The highest BCUT2D eigenvalue weighted by atomic mass is 35.5. The zero-order valence-electron chi connectivity index (χ0n) is 14.2. The monoisotopic (exact) mass is 361 g/mol. The summed E-state index contributed by atoms with van der Waals surface area (Å²) in [7, 11) is 1.86. The van der Waals surface area contributed by atoms with Crippen molar-refractivity contribution in [3.05, 3.63) is 35.9 Å². The van der Waals surface area contributed by atoms with Gasteiger partial charge < -0.3 is 10.6 Å². The molecule has 0 radical (unpaired) electrons. The molecule has 1 atom stereocenters. The summed E-state index contributed by atoms with van der Waals surface area (Å²) in [6, 6.07) is 10.5. The van der Waals surface area contributed by atoms with Crippen LogP contribution in [0.2, 0.25) is 0 Å². The van der Waals surface area contributed by atoms with Crippen LogP contribution in [0.5, 0.6) is 0 Å². The first kappa shape index (κ1) is 22.2. The Morgan fingerprint density at radius 2 is 1.91 bits per heavy atom. The lowest BCUT2D eigenvalue weighted by Gasteiger charge is -2.28. The number of likely N-dealkylation sites (tertiary alicyclic amines) is 1. The first-order valence-electron chi connectivity index (χ1n) is 7.67. The standard InChI is InChI=1S/C17H27N3O.2ClH/c1-17(2,18)16(21)19(3)11-15-9-10-20(13-15)12-14-7-5-4-6-8-14;;/h4-8,15H,9-13,18H2,1-3H3;2*1H. The normalized spacial score (nSPS) is 18.0. The maximum Gasteiger partial charge on any atom is 0.241 e. The first-order valence-corrected chi connectivity index (χ1v) is 7.67. The van der Waals surface area contributed by atoms with Crippen molar-refractivity contribution >= 4 is 30.7 Å². The van der Waals surface area contributed by atoms with Gasteiger partial charge >= 0.3 is 0 Å². The zero-order chi connectivity index (χ0) is 15.5. The van der Waals surface area contributed by atoms with Crippen molar-refractivity contribution in [1.29, 1.82) is 0 Å². The molecule has 1 aliphatic rings. The molecule has 1 unspecified atom stereocenters. The van der Waals surface area contributed by atoms with Crippen LogP contribution in [0.25, 0.3) is 0 Å². The van der Waals surface area contributed by atoms with Gasteiger partial charge in [0.25, 0.3) is 0 Å². The SMILES string of the molecule is CN(CC1CCN(Cc2ccccc2)C1)C(=O)C(C)(C)N.Cl.Cl. The lowest BCUT2D eigenvalue weighted by Crippen LogP contribution is -2.50. The molecule has 1 amide bonds. The fourth-order valence-electron chi connectivity index (χ4n) is 3.01. The zero-order valence-corrected chi connectivity index (χ0v) is 15.8. The number of carbonyl (C=O) groups is 1. The summed E-state index contributed by atoms with van der Waals surface area (Å²) < 4.78 is 0. The number of benzene rings is 1. The number of halogens is 2. The molecule has 1 saturated heterocycles. The summed E-state index contributed by atoms with van der Waals surface area (Å²) in [5.41, 5.74) is 6.45. The van der Waals surface area contributed by atoms with Crippen LogP contribution in [0.15, 0.2) is 30.3 Å². The van der Waals surface area contributed by atoms with E-state index in [1.165, 1.54) is 5.56 Å². The van der Waals surface area contributed by atoms with Gasteiger partial charge in [0.1, 0.15) is 0 Å². The molecule has 1 aliphatic heterocycles. The summed E-state index contributed by atoms with van der Waals surface area (Å²) in [5.74, 6) is 0.564. The van der Waals surface area contributed by atoms with Crippen LogP contribution in [0.4, 0.5) is 0 Å². The number of nitrogens with two attached hydrogens (primary N) is 1. The number of hydrogen-bond donors (Lipinski definition) is 1. The van der Waals surface area contributed by atoms with E-state index in [-0.39, 0.29) is 30.7 Å². The Bertz CT molecular complexity index is 476. The Hall–Kier alpha value is -0.810. The number of amides is 1. The molecule has 2 rings (SSSR count). The topological polar surface area (TPSA) is 49.6 Å². The Kier molecular flexibility index (Phi) is 9.14. The molecule has 1 aromatic carbocycles. The molecule has 132 valence electrons. The van der Waals surface area contributed by atoms with Crippen molar-refractivity contribution in [2.75, 3.05) is 26.7 Å². The van der Waals surface area contributed by atoms with E-state index in [1.807, 2.05) is 13.1 Å². The molecule has 1 fully saturated rings. The van der Waals surface area contributed by atoms with Crippen molar-refractivity contribution in [3.8, 4) is 0 Å². The predicted molar refractivity (Wildman–Crippen MR) is 100 cm³/mol. The number of rotatable bonds is 5. The van der Waals surface area contributed by atoms with Gasteiger partial charge in [0.15, 0.2) is 0 Å². The van der Waals surface area contributed by atoms with E-state index in [0.29, 0.717) is 5.92 Å². The molecule has 0 spiro atoms. The summed E-state index contributed by atoms with van der Waals surface area (Å²) in [6.45, 7) is 7.48. The van der Waals surface area contributed by atoms with Gasteiger partial charge in [0.05, 0.1) is 5.54 Å². The van der Waals surface area contributed by atoms with Crippen LogP contribution in [0, 0.1) is 5.92 Å². The van der Waals surface area contributed by atoms with E-state index in [9.17, 15) is 4.79 Å². The lowest BCUT2D eigenvalue weighted by molar-refractivity contribution is -0.134. The van der Waals surface area contributed by atoms with Gasteiger partial charge in [0, 0.05) is 26.7 Å². The third-order valence-corrected chi connectivity index (χ3v) is 4.05. The number of hydrogen-bond acceptors (Lipinski definition) is 3. The Labute approximate surface area is 152 Å². The maximum atomic E-state index is 12.1. The van der Waals surface area contributed by atoms with Gasteiger partial charge in [0.2, 0.25) is 5.91 Å². The molecule has 4 nitrogen and oxygen atoms in total. The second-order valence-electron chi connectivity index (χ2n) is 6.78. The van der Waals surface area contributed by atoms with Crippen LogP contribution in [0.3, 0.4) is 0 Å². The molecule has 1 aromatic rings. The molecular formula is C17H29Cl2N3O. The molecule has 0 aliphatic carbocycles. The van der Waals surface area contributed by atoms with E-state index >= 15 is 0 Å². The van der Waals surface area contributed by atoms with Crippen molar-refractivity contribution < 1.29 is 4.79 Å². The smallest absolute Gasteiger partial charge is 0.241 e. The fraction of sp³-hybridized carbons (Fsp3) is 0.588. The van der Waals surface area contributed by atoms with Gasteiger partial charge in [-0.05, 0) is 38.3 Å². The Balaban J connectivity index is 0.00000242. The quantitative estimate of drug-likeness (QED) is 0.876. The minimum Gasteiger partial charge on any atom is -0.344 e. The van der Waals surface area contributed by atoms with Crippen molar-refractivity contribution in [3.63, 3.8) is 0 Å². The minimum absolute atomic E-state index is 0. The number of carbonyl (C=O) groups excluding carboxylic acids is 1. The van der Waals surface area contributed by atoms with E-state index in [4.69, 9.17) is 5.73 Å². The molecule has 2 N–H and O–H groups in total. The average Bonchev–Trinajstić information content (AvgIpc) is 2.85. The first-order chi connectivity index (χ1) is 9.86. The third-order valence-electron chi connectivity index (χ3n) is 4.05. The van der Waals surface area contributed by atoms with Crippen LogP contribution < -0.4 is 5.73 Å². The van der Waals surface area contributed by atoms with Crippen LogP contribution in [-0.2, 0) is 11.3 Å². The molecule has 1 heterocycles. The summed E-state index contributed by atoms with van der Waals surface area (Å²) >= 11 is 0. The molecule has 0 saturated carbocycles. The highest BCUT2D eigenvalue weighted by molar-refractivity contribution is 5.85. The Morgan fingerprint density at radius 3 is 2.48 bits per heavy atom. The second-order valence-corrected chi connectivity index (χ2v) is 6.78. The largest absolute Gasteiger partial charge is 0.344 e. The molecule has 0 aromatic heterocycles. The minimum atomic E-state index is -0.781. The van der Waals surface area contributed by atoms with E-state index in [2.05, 4.69) is 29.2 Å². The predicted octanol–water partition coefficient (Wildman–Crippen LogP) is 2.55. The van der Waals surface area contributed by atoms with Gasteiger partial charge in [-0.3, -0.25) is 9.69 Å². The van der Waals surface area contributed by atoms with Crippen LogP contribution in [0.1, 0.15) is 25.8 Å². The molecule has 23 heavy (non-hydrogen) atoms. The molecular weight excluding hydrogens is 333 g/mol. The van der Waals surface area contributed by atoms with E-state index in [1.54, 1.807) is 18.7 Å². The van der Waals surface area contributed by atoms with E-state index in [0.717, 1.165) is 32.6 Å². The third kappa shape index (κ3) is 6.68. The highest BCUT2D eigenvalue weighted by Gasteiger charge is 2.29. The summed E-state index contributed by atoms with van der Waals surface area (Å²) in [6.07, 6.45) is 1.15. The van der Waals surface area contributed by atoms with Gasteiger partial charge in [-0.1, -0.05) is 30.3 Å². The van der Waals surface area contributed by atoms with Crippen molar-refractivity contribution in [1.82, 2.24) is 9.80 Å². The number of nitrogens with zero attached hydrogens (tertiary/aromatic N) is 2. The summed E-state index contributed by atoms with van der Waals surface area (Å²) in [4.78, 5) is 16.4. The van der Waals surface area contributed by atoms with Crippen LogP contribution in [-0.4, -0.2) is 47.9 Å². The maximum absolute atomic E-state index is 12.1. The van der Waals surface area contributed by atoms with Gasteiger partial charge in [-0.2, -0.15) is 0 Å². The summed E-state index contributed by atoms with van der Waals surface area (Å²) in [5, 5.41) is 0. The molecule has 0 bridgehead atoms. The van der Waals surface area contributed by atoms with Gasteiger partial charge in [-0.25, -0.2) is 0 Å². The number of likely N-dealkylation sites (N-methyl/N-ethyl adjacent to an activating group) is 1. The fourth-order valence-corrected chi connectivity index (χ4v) is 3.01. The second kappa shape index (κ2) is 9.48. The van der Waals surface area contributed by atoms with Crippen molar-refractivity contribution in [2.45, 2.75) is 32.4 Å². The highest BCUT2D eigenvalue weighted by Crippen LogP contribution is 2.20. The average molecular weight is 362 g/mol. The van der Waals surface area contributed by atoms with Crippen LogP contribution >= 0.6 is 24.8 Å². The Morgan fingerprint density at radius 1 is 1.30 bits per heavy atom. The van der Waals surface area contributed by atoms with Crippen molar-refractivity contribution in [2.24, 2.45) is 11.7 Å². The lowest BCUT2D eigenvalue weighted by atomic mass is 10.0. The molecule has 6 heteroatoms. The van der Waals surface area contributed by atoms with E-state index < -0.39 is 5.54 Å².